The zero-order valence-electron chi connectivity index (χ0n) is 10.4. The van der Waals surface area contributed by atoms with Crippen LogP contribution in [0.15, 0.2) is 33.2 Å². The van der Waals surface area contributed by atoms with Crippen LogP contribution in [0.3, 0.4) is 0 Å². The van der Waals surface area contributed by atoms with Crippen molar-refractivity contribution in [3.63, 3.8) is 0 Å². The summed E-state index contributed by atoms with van der Waals surface area (Å²) in [6, 6.07) is 4.77. The lowest BCUT2D eigenvalue weighted by Gasteiger charge is -1.97. The van der Waals surface area contributed by atoms with Gasteiger partial charge in [0.25, 0.3) is 5.89 Å². The lowest BCUT2D eigenvalue weighted by Crippen LogP contribution is -1.93. The van der Waals surface area contributed by atoms with E-state index < -0.39 is 17.5 Å². The van der Waals surface area contributed by atoms with Crippen molar-refractivity contribution in [2.45, 2.75) is 6.54 Å². The average molecular weight is 295 g/mol. The Bertz CT molecular complexity index is 775. The molecule has 2 heterocycles. The van der Waals surface area contributed by atoms with Crippen molar-refractivity contribution in [2.75, 3.05) is 0 Å². The third kappa shape index (κ3) is 2.40. The lowest BCUT2D eigenvalue weighted by atomic mass is 10.2. The number of nitrogens with zero attached hydrogens (tertiary/aromatic N) is 2. The second kappa shape index (κ2) is 5.06. The first-order chi connectivity index (χ1) is 10.1. The van der Waals surface area contributed by atoms with Crippen molar-refractivity contribution in [1.82, 2.24) is 10.1 Å². The maximum absolute atomic E-state index is 13.2. The Morgan fingerprint density at radius 1 is 1.10 bits per heavy atom. The van der Waals surface area contributed by atoms with Gasteiger partial charge in [-0.15, -0.1) is 0 Å². The highest BCUT2D eigenvalue weighted by Crippen LogP contribution is 2.25. The zero-order chi connectivity index (χ0) is 15.0. The largest absolute Gasteiger partial charge is 0.455 e. The summed E-state index contributed by atoms with van der Waals surface area (Å²) in [6.45, 7) is 0.204. The van der Waals surface area contributed by atoms with Crippen LogP contribution in [-0.4, -0.2) is 10.1 Å². The van der Waals surface area contributed by atoms with E-state index >= 15 is 0 Å². The van der Waals surface area contributed by atoms with Crippen LogP contribution in [0.4, 0.5) is 13.2 Å². The molecule has 2 aromatic heterocycles. The molecule has 0 radical (unpaired) electrons. The summed E-state index contributed by atoms with van der Waals surface area (Å²) < 4.78 is 49.5. The second-order valence-corrected chi connectivity index (χ2v) is 4.15. The van der Waals surface area contributed by atoms with Crippen LogP contribution in [-0.2, 0) is 6.54 Å². The third-order valence-electron chi connectivity index (χ3n) is 2.74. The van der Waals surface area contributed by atoms with Gasteiger partial charge in [-0.3, -0.25) is 0 Å². The van der Waals surface area contributed by atoms with Crippen molar-refractivity contribution in [1.29, 1.82) is 0 Å². The first-order valence-electron chi connectivity index (χ1n) is 5.86. The number of benzene rings is 1. The quantitative estimate of drug-likeness (QED) is 0.752. The Hall–Kier alpha value is -2.61. The molecule has 1 aromatic carbocycles. The number of hydrogen-bond acceptors (Lipinski definition) is 5. The van der Waals surface area contributed by atoms with Crippen LogP contribution < -0.4 is 5.73 Å². The molecule has 0 bridgehead atoms. The Kier molecular flexibility index (Phi) is 3.22. The molecule has 3 rings (SSSR count). The van der Waals surface area contributed by atoms with Gasteiger partial charge >= 0.3 is 0 Å². The van der Waals surface area contributed by atoms with Crippen LogP contribution in [0, 0.1) is 17.5 Å². The van der Waals surface area contributed by atoms with Gasteiger partial charge in [0, 0.05) is 5.56 Å². The minimum atomic E-state index is -1.55. The molecule has 21 heavy (non-hydrogen) atoms. The Labute approximate surface area is 116 Å². The topological polar surface area (TPSA) is 78.1 Å². The predicted octanol–water partition coefficient (Wildman–Crippen LogP) is 2.87. The minimum Gasteiger partial charge on any atom is -0.455 e. The van der Waals surface area contributed by atoms with E-state index in [0.717, 1.165) is 12.1 Å². The molecule has 0 aliphatic carbocycles. The molecular weight excluding hydrogens is 287 g/mol. The molecule has 3 aromatic rings. The molecule has 0 atom stereocenters. The second-order valence-electron chi connectivity index (χ2n) is 4.15. The molecule has 0 spiro atoms. The molecule has 0 saturated carbocycles. The molecule has 5 nitrogen and oxygen atoms in total. The smallest absolute Gasteiger partial charge is 0.293 e. The molecule has 0 fully saturated rings. The highest BCUT2D eigenvalue weighted by molar-refractivity contribution is 5.57. The highest BCUT2D eigenvalue weighted by Gasteiger charge is 2.17. The fourth-order valence-corrected chi connectivity index (χ4v) is 1.73. The van der Waals surface area contributed by atoms with Crippen LogP contribution in [0.25, 0.3) is 23.0 Å². The molecule has 0 unspecified atom stereocenters. The van der Waals surface area contributed by atoms with Crippen LogP contribution >= 0.6 is 0 Å². The van der Waals surface area contributed by atoms with Crippen molar-refractivity contribution in [3.05, 3.63) is 47.5 Å². The number of hydrogen-bond donors (Lipinski definition) is 1. The fraction of sp³-hybridized carbons (Fsp3) is 0.0769. The van der Waals surface area contributed by atoms with Crippen LogP contribution in [0.1, 0.15) is 5.76 Å². The van der Waals surface area contributed by atoms with E-state index in [-0.39, 0.29) is 29.6 Å². The molecule has 0 amide bonds. The number of nitrogens with two attached hydrogens (primary N) is 1. The summed E-state index contributed by atoms with van der Waals surface area (Å²) in [7, 11) is 0. The van der Waals surface area contributed by atoms with Crippen molar-refractivity contribution in [3.8, 4) is 23.0 Å². The summed E-state index contributed by atoms with van der Waals surface area (Å²) in [5.41, 5.74) is 5.36. The Morgan fingerprint density at radius 2 is 1.81 bits per heavy atom. The van der Waals surface area contributed by atoms with E-state index in [9.17, 15) is 13.2 Å². The Balaban J connectivity index is 1.98. The average Bonchev–Trinajstić information content (AvgIpc) is 3.12. The lowest BCUT2D eigenvalue weighted by molar-refractivity contribution is 0.411. The van der Waals surface area contributed by atoms with Gasteiger partial charge in [-0.05, 0) is 24.3 Å². The van der Waals surface area contributed by atoms with E-state index in [2.05, 4.69) is 10.1 Å². The summed E-state index contributed by atoms with van der Waals surface area (Å²) >= 11 is 0. The number of furan rings is 1. The Morgan fingerprint density at radius 3 is 2.43 bits per heavy atom. The molecule has 108 valence electrons. The molecule has 0 saturated heterocycles. The van der Waals surface area contributed by atoms with Crippen LogP contribution in [0.5, 0.6) is 0 Å². The maximum atomic E-state index is 13.2. The fourth-order valence-electron chi connectivity index (χ4n) is 1.73. The monoisotopic (exact) mass is 295 g/mol. The molecule has 0 aliphatic heterocycles. The summed E-state index contributed by atoms with van der Waals surface area (Å²) in [6.07, 6.45) is 0. The predicted molar refractivity (Wildman–Crippen MR) is 65.2 cm³/mol. The van der Waals surface area contributed by atoms with Gasteiger partial charge in [0.1, 0.15) is 5.76 Å². The van der Waals surface area contributed by atoms with E-state index in [4.69, 9.17) is 14.7 Å². The standard InChI is InChI=1S/C13H8F3N3O2/c14-8-3-6(4-9(15)11(8)16)12-18-13(21-19-12)10-2-1-7(5-17)20-10/h1-4H,5,17H2. The van der Waals surface area contributed by atoms with E-state index in [0.29, 0.717) is 5.76 Å². The van der Waals surface area contributed by atoms with Gasteiger partial charge in [-0.25, -0.2) is 13.2 Å². The van der Waals surface area contributed by atoms with Gasteiger partial charge in [-0.2, -0.15) is 4.98 Å². The third-order valence-corrected chi connectivity index (χ3v) is 2.74. The van der Waals surface area contributed by atoms with Gasteiger partial charge < -0.3 is 14.7 Å². The van der Waals surface area contributed by atoms with Crippen molar-refractivity contribution >= 4 is 0 Å². The number of rotatable bonds is 3. The van der Waals surface area contributed by atoms with Crippen molar-refractivity contribution < 1.29 is 22.1 Å². The molecular formula is C13H8F3N3O2. The summed E-state index contributed by atoms with van der Waals surface area (Å²) in [5, 5.41) is 3.58. The van der Waals surface area contributed by atoms with Gasteiger partial charge in [-0.1, -0.05) is 5.16 Å². The first-order valence-corrected chi connectivity index (χ1v) is 5.86. The normalized spacial score (nSPS) is 11.0. The zero-order valence-corrected chi connectivity index (χ0v) is 10.4. The van der Waals surface area contributed by atoms with Gasteiger partial charge in [0.05, 0.1) is 6.54 Å². The summed E-state index contributed by atoms with van der Waals surface area (Å²) in [5.74, 6) is -3.50. The first kappa shape index (κ1) is 13.4. The molecule has 8 heteroatoms. The number of halogens is 3. The van der Waals surface area contributed by atoms with Crippen molar-refractivity contribution in [2.24, 2.45) is 5.73 Å². The van der Waals surface area contributed by atoms with E-state index in [1.54, 1.807) is 12.1 Å². The SMILES string of the molecule is NCc1ccc(-c2nc(-c3cc(F)c(F)c(F)c3)no2)o1. The maximum Gasteiger partial charge on any atom is 0.293 e. The highest BCUT2D eigenvalue weighted by atomic mass is 19.2. The summed E-state index contributed by atoms with van der Waals surface area (Å²) in [4.78, 5) is 3.94. The van der Waals surface area contributed by atoms with E-state index in [1.807, 2.05) is 0 Å². The van der Waals surface area contributed by atoms with Gasteiger partial charge in [0.15, 0.2) is 23.2 Å². The van der Waals surface area contributed by atoms with E-state index in [1.165, 1.54) is 0 Å². The minimum absolute atomic E-state index is 0.0230. The number of aromatic nitrogens is 2. The van der Waals surface area contributed by atoms with Crippen LogP contribution in [0.2, 0.25) is 0 Å². The molecule has 2 N–H and O–H groups in total. The molecule has 0 aliphatic rings. The van der Waals surface area contributed by atoms with Gasteiger partial charge in [0.2, 0.25) is 5.82 Å².